The Hall–Kier alpha value is -1.49. The zero-order chi connectivity index (χ0) is 13.2. The lowest BCUT2D eigenvalue weighted by atomic mass is 9.86. The average Bonchev–Trinajstić information content (AvgIpc) is 2.15. The monoisotopic (exact) mass is 243 g/mol. The predicted octanol–water partition coefficient (Wildman–Crippen LogP) is 2.22. The van der Waals surface area contributed by atoms with Crippen LogP contribution >= 0.6 is 0 Å². The lowest BCUT2D eigenvalue weighted by Gasteiger charge is -2.36. The smallest absolute Gasteiger partial charge is 0.305 e. The molecule has 0 saturated heterocycles. The lowest BCUT2D eigenvalue weighted by molar-refractivity contribution is -0.140. The van der Waals surface area contributed by atoms with Crippen LogP contribution in [0.3, 0.4) is 0 Å². The third kappa shape index (κ3) is 2.61. The molecular weight excluding hydrogens is 228 g/mol. The van der Waals surface area contributed by atoms with E-state index in [1.807, 2.05) is 0 Å². The van der Waals surface area contributed by atoms with Crippen LogP contribution in [-0.4, -0.2) is 30.1 Å². The Balaban J connectivity index is 3.37. The van der Waals surface area contributed by atoms with Crippen molar-refractivity contribution in [1.29, 1.82) is 0 Å². The van der Waals surface area contributed by atoms with Gasteiger partial charge in [0.05, 0.1) is 12.0 Å². The van der Waals surface area contributed by atoms with Crippen molar-refractivity contribution in [3.63, 3.8) is 0 Å². The Labute approximate surface area is 98.7 Å². The van der Waals surface area contributed by atoms with E-state index in [1.54, 1.807) is 14.1 Å². The molecule has 94 valence electrons. The SMILES string of the molecule is CN(C)C(C)(CC(=O)O)c1c(F)cccc1F. The van der Waals surface area contributed by atoms with Crippen molar-refractivity contribution >= 4 is 5.97 Å². The molecule has 0 saturated carbocycles. The van der Waals surface area contributed by atoms with Crippen LogP contribution in [0.5, 0.6) is 0 Å². The quantitative estimate of drug-likeness (QED) is 0.881. The van der Waals surface area contributed by atoms with E-state index in [0.717, 1.165) is 12.1 Å². The van der Waals surface area contributed by atoms with Gasteiger partial charge in [-0.25, -0.2) is 8.78 Å². The molecule has 1 N–H and O–H groups in total. The van der Waals surface area contributed by atoms with Gasteiger partial charge in [0.25, 0.3) is 0 Å². The lowest BCUT2D eigenvalue weighted by Crippen LogP contribution is -2.42. The molecule has 0 spiro atoms. The van der Waals surface area contributed by atoms with Gasteiger partial charge in [-0.1, -0.05) is 6.07 Å². The van der Waals surface area contributed by atoms with Crippen molar-refractivity contribution in [3.05, 3.63) is 35.4 Å². The fraction of sp³-hybridized carbons (Fsp3) is 0.417. The van der Waals surface area contributed by atoms with E-state index in [1.165, 1.54) is 17.9 Å². The molecule has 0 aliphatic rings. The van der Waals surface area contributed by atoms with Crippen molar-refractivity contribution in [2.24, 2.45) is 0 Å². The van der Waals surface area contributed by atoms with Crippen LogP contribution in [0.15, 0.2) is 18.2 Å². The molecule has 1 unspecified atom stereocenters. The van der Waals surface area contributed by atoms with Crippen molar-refractivity contribution in [2.75, 3.05) is 14.1 Å². The number of carbonyl (C=O) groups is 1. The first-order chi connectivity index (χ1) is 7.79. The average molecular weight is 243 g/mol. The summed E-state index contributed by atoms with van der Waals surface area (Å²) in [6, 6.07) is 3.51. The highest BCUT2D eigenvalue weighted by Gasteiger charge is 2.36. The number of halogens is 2. The highest BCUT2D eigenvalue weighted by Crippen LogP contribution is 2.33. The van der Waals surface area contributed by atoms with Crippen molar-refractivity contribution < 1.29 is 18.7 Å². The minimum atomic E-state index is -1.22. The van der Waals surface area contributed by atoms with E-state index in [2.05, 4.69) is 0 Å². The highest BCUT2D eigenvalue weighted by molar-refractivity contribution is 5.69. The van der Waals surface area contributed by atoms with Crippen LogP contribution in [-0.2, 0) is 10.3 Å². The maximum Gasteiger partial charge on any atom is 0.305 e. The van der Waals surface area contributed by atoms with Gasteiger partial charge in [0, 0.05) is 5.56 Å². The molecule has 3 nitrogen and oxygen atoms in total. The summed E-state index contributed by atoms with van der Waals surface area (Å²) >= 11 is 0. The topological polar surface area (TPSA) is 40.5 Å². The number of aliphatic carboxylic acids is 1. The van der Waals surface area contributed by atoms with Gasteiger partial charge in [-0.2, -0.15) is 0 Å². The highest BCUT2D eigenvalue weighted by atomic mass is 19.1. The fourth-order valence-corrected chi connectivity index (χ4v) is 1.78. The van der Waals surface area contributed by atoms with Crippen LogP contribution in [0.2, 0.25) is 0 Å². The molecule has 0 amide bonds. The molecule has 1 aromatic carbocycles. The number of rotatable bonds is 4. The number of hydrogen-bond acceptors (Lipinski definition) is 2. The molecule has 0 aromatic heterocycles. The van der Waals surface area contributed by atoms with Crippen molar-refractivity contribution in [2.45, 2.75) is 18.9 Å². The van der Waals surface area contributed by atoms with Gasteiger partial charge in [0.2, 0.25) is 0 Å². The first kappa shape index (κ1) is 13.6. The second-order valence-electron chi connectivity index (χ2n) is 4.34. The van der Waals surface area contributed by atoms with Gasteiger partial charge in [-0.15, -0.1) is 0 Å². The Morgan fingerprint density at radius 2 is 1.82 bits per heavy atom. The van der Waals surface area contributed by atoms with Crippen LogP contribution in [0, 0.1) is 11.6 Å². The summed E-state index contributed by atoms with van der Waals surface area (Å²) < 4.78 is 27.4. The molecule has 1 rings (SSSR count). The Kier molecular flexibility index (Phi) is 3.83. The minimum Gasteiger partial charge on any atom is -0.481 e. The van der Waals surface area contributed by atoms with E-state index in [9.17, 15) is 13.6 Å². The predicted molar refractivity (Wildman–Crippen MR) is 59.6 cm³/mol. The van der Waals surface area contributed by atoms with E-state index in [4.69, 9.17) is 5.11 Å². The fourth-order valence-electron chi connectivity index (χ4n) is 1.78. The first-order valence-electron chi connectivity index (χ1n) is 5.12. The summed E-state index contributed by atoms with van der Waals surface area (Å²) in [5, 5.41) is 8.87. The standard InChI is InChI=1S/C12H15F2NO2/c1-12(15(2)3,7-10(16)17)11-8(13)5-4-6-9(11)14/h4-6H,7H2,1-3H3,(H,16,17). The minimum absolute atomic E-state index is 0.215. The molecular formula is C12H15F2NO2. The molecule has 0 aliphatic carbocycles. The van der Waals surface area contributed by atoms with Gasteiger partial charge in [0.15, 0.2) is 0 Å². The second-order valence-corrected chi connectivity index (χ2v) is 4.34. The van der Waals surface area contributed by atoms with Gasteiger partial charge in [0.1, 0.15) is 11.6 Å². The second kappa shape index (κ2) is 4.79. The van der Waals surface area contributed by atoms with Crippen LogP contribution < -0.4 is 0 Å². The van der Waals surface area contributed by atoms with E-state index in [-0.39, 0.29) is 12.0 Å². The molecule has 1 aromatic rings. The maximum absolute atomic E-state index is 13.7. The van der Waals surface area contributed by atoms with Gasteiger partial charge in [-0.05, 0) is 33.2 Å². The van der Waals surface area contributed by atoms with Crippen molar-refractivity contribution in [3.8, 4) is 0 Å². The number of hydrogen-bond donors (Lipinski definition) is 1. The summed E-state index contributed by atoms with van der Waals surface area (Å²) in [6.45, 7) is 1.50. The van der Waals surface area contributed by atoms with Crippen LogP contribution in [0.4, 0.5) is 8.78 Å². The molecule has 0 aliphatic heterocycles. The molecule has 5 heteroatoms. The Bertz CT molecular complexity index is 414. The van der Waals surface area contributed by atoms with Crippen molar-refractivity contribution in [1.82, 2.24) is 4.90 Å². The summed E-state index contributed by atoms with van der Waals surface area (Å²) in [5.41, 5.74) is -1.44. The van der Waals surface area contributed by atoms with E-state index in [0.29, 0.717) is 0 Å². The third-order valence-electron chi connectivity index (χ3n) is 2.98. The number of benzene rings is 1. The van der Waals surface area contributed by atoms with Gasteiger partial charge >= 0.3 is 5.97 Å². The van der Waals surface area contributed by atoms with Crippen LogP contribution in [0.1, 0.15) is 18.9 Å². The summed E-state index contributed by atoms with van der Waals surface area (Å²) in [5.74, 6) is -2.58. The zero-order valence-corrected chi connectivity index (χ0v) is 10.00. The molecule has 1 atom stereocenters. The Morgan fingerprint density at radius 3 is 2.18 bits per heavy atom. The normalized spacial score (nSPS) is 14.7. The molecule has 0 radical (unpaired) electrons. The maximum atomic E-state index is 13.7. The molecule has 17 heavy (non-hydrogen) atoms. The summed E-state index contributed by atoms with van der Waals surface area (Å²) in [4.78, 5) is 12.3. The Morgan fingerprint density at radius 1 is 1.35 bits per heavy atom. The van der Waals surface area contributed by atoms with Gasteiger partial charge in [-0.3, -0.25) is 9.69 Å². The van der Waals surface area contributed by atoms with Crippen LogP contribution in [0.25, 0.3) is 0 Å². The number of carboxylic acids is 1. The number of nitrogens with zero attached hydrogens (tertiary/aromatic N) is 1. The van der Waals surface area contributed by atoms with E-state index >= 15 is 0 Å². The zero-order valence-electron chi connectivity index (χ0n) is 10.00. The third-order valence-corrected chi connectivity index (χ3v) is 2.98. The molecule has 0 fully saturated rings. The number of carboxylic acid groups (broad SMARTS) is 1. The largest absolute Gasteiger partial charge is 0.481 e. The first-order valence-corrected chi connectivity index (χ1v) is 5.12. The summed E-state index contributed by atoms with van der Waals surface area (Å²) in [7, 11) is 3.18. The van der Waals surface area contributed by atoms with E-state index < -0.39 is 23.1 Å². The molecule has 0 heterocycles. The van der Waals surface area contributed by atoms with Gasteiger partial charge < -0.3 is 5.11 Å². The molecule has 0 bridgehead atoms. The summed E-state index contributed by atoms with van der Waals surface area (Å²) in [6.07, 6.45) is -0.377.